The molecular weight excluding hydrogens is 399 g/mol. The Hall–Kier alpha value is -0.0300. The van der Waals surface area contributed by atoms with E-state index >= 15 is 0 Å². The molecule has 0 aliphatic heterocycles. The number of hydrogen-bond donors (Lipinski definition) is 0. The third-order valence-corrected chi connectivity index (χ3v) is 4.81. The summed E-state index contributed by atoms with van der Waals surface area (Å²) in [5.41, 5.74) is 1.06. The van der Waals surface area contributed by atoms with Crippen molar-refractivity contribution in [1.29, 1.82) is 0 Å². The molecule has 2 aromatic rings. The lowest BCUT2D eigenvalue weighted by Crippen LogP contribution is -2.01. The van der Waals surface area contributed by atoms with Gasteiger partial charge in [-0.3, -0.25) is 0 Å². The first-order valence-electron chi connectivity index (χ1n) is 5.40. The predicted octanol–water partition coefficient (Wildman–Crippen LogP) is 5.63. The van der Waals surface area contributed by atoms with E-state index in [1.54, 1.807) is 11.3 Å². The minimum Gasteiger partial charge on any atom is -0.491 e. The molecule has 0 saturated carbocycles. The van der Waals surface area contributed by atoms with Gasteiger partial charge >= 0.3 is 0 Å². The van der Waals surface area contributed by atoms with E-state index in [0.29, 0.717) is 12.5 Å². The van der Waals surface area contributed by atoms with E-state index in [-0.39, 0.29) is 0 Å². The van der Waals surface area contributed by atoms with Crippen LogP contribution >= 0.6 is 54.8 Å². The van der Waals surface area contributed by atoms with Gasteiger partial charge in [-0.15, -0.1) is 22.9 Å². The van der Waals surface area contributed by atoms with Crippen LogP contribution < -0.4 is 4.74 Å². The van der Waals surface area contributed by atoms with Gasteiger partial charge in [0.2, 0.25) is 0 Å². The molecule has 0 atom stereocenters. The molecule has 0 amide bonds. The number of hydrogen-bond acceptors (Lipinski definition) is 2. The average Bonchev–Trinajstić information content (AvgIpc) is 2.85. The normalized spacial score (nSPS) is 10.6. The molecular formula is C13H11Br2ClOS. The second-order valence-corrected chi connectivity index (χ2v) is 6.71. The van der Waals surface area contributed by atoms with E-state index in [1.807, 2.05) is 12.1 Å². The van der Waals surface area contributed by atoms with Crippen molar-refractivity contribution < 1.29 is 4.74 Å². The fourth-order valence-electron chi connectivity index (χ4n) is 1.54. The lowest BCUT2D eigenvalue weighted by molar-refractivity contribution is 0.319. The van der Waals surface area contributed by atoms with Crippen LogP contribution in [0.15, 0.2) is 38.6 Å². The summed E-state index contributed by atoms with van der Waals surface area (Å²) < 4.78 is 7.67. The standard InChI is InChI=1S/C13H11Br2ClOS/c14-11-6-9(8-16)7-12(15)13(11)17-4-3-10-2-1-5-18-10/h1-2,5-7H,3-4,8H2. The lowest BCUT2D eigenvalue weighted by Gasteiger charge is -2.11. The van der Waals surface area contributed by atoms with Gasteiger partial charge in [0.15, 0.2) is 0 Å². The van der Waals surface area contributed by atoms with Crippen molar-refractivity contribution in [3.8, 4) is 5.75 Å². The lowest BCUT2D eigenvalue weighted by atomic mass is 10.2. The predicted molar refractivity (Wildman–Crippen MR) is 84.9 cm³/mol. The van der Waals surface area contributed by atoms with Crippen molar-refractivity contribution in [1.82, 2.24) is 0 Å². The molecule has 96 valence electrons. The first-order valence-corrected chi connectivity index (χ1v) is 8.40. The van der Waals surface area contributed by atoms with Gasteiger partial charge in [-0.25, -0.2) is 0 Å². The fraction of sp³-hybridized carbons (Fsp3) is 0.231. The minimum absolute atomic E-state index is 0.493. The monoisotopic (exact) mass is 408 g/mol. The highest BCUT2D eigenvalue weighted by molar-refractivity contribution is 9.11. The van der Waals surface area contributed by atoms with Gasteiger partial charge < -0.3 is 4.74 Å². The van der Waals surface area contributed by atoms with Gasteiger partial charge in [0.1, 0.15) is 5.75 Å². The van der Waals surface area contributed by atoms with Crippen LogP contribution in [0.1, 0.15) is 10.4 Å². The molecule has 1 heterocycles. The molecule has 5 heteroatoms. The van der Waals surface area contributed by atoms with Crippen molar-refractivity contribution in [2.75, 3.05) is 6.61 Å². The summed E-state index contributed by atoms with van der Waals surface area (Å²) in [4.78, 5) is 1.33. The van der Waals surface area contributed by atoms with Crippen LogP contribution in [0.2, 0.25) is 0 Å². The van der Waals surface area contributed by atoms with E-state index in [4.69, 9.17) is 16.3 Å². The van der Waals surface area contributed by atoms with E-state index in [2.05, 4.69) is 49.4 Å². The quantitative estimate of drug-likeness (QED) is 0.580. The second kappa shape index (κ2) is 6.94. The van der Waals surface area contributed by atoms with Crippen molar-refractivity contribution >= 4 is 54.8 Å². The molecule has 0 spiro atoms. The number of benzene rings is 1. The summed E-state index contributed by atoms with van der Waals surface area (Å²) in [5.74, 6) is 1.33. The van der Waals surface area contributed by atoms with Gasteiger partial charge in [0.05, 0.1) is 15.6 Å². The Morgan fingerprint density at radius 3 is 2.50 bits per heavy atom. The van der Waals surface area contributed by atoms with Crippen molar-refractivity contribution in [3.63, 3.8) is 0 Å². The summed E-state index contributed by atoms with van der Waals surface area (Å²) >= 11 is 14.6. The zero-order chi connectivity index (χ0) is 13.0. The third kappa shape index (κ3) is 3.73. The Morgan fingerprint density at radius 2 is 1.94 bits per heavy atom. The van der Waals surface area contributed by atoms with Gasteiger partial charge in [-0.1, -0.05) is 6.07 Å². The average molecular weight is 411 g/mol. The zero-order valence-corrected chi connectivity index (χ0v) is 14.2. The topological polar surface area (TPSA) is 9.23 Å². The van der Waals surface area contributed by atoms with Crippen LogP contribution in [0.4, 0.5) is 0 Å². The largest absolute Gasteiger partial charge is 0.491 e. The van der Waals surface area contributed by atoms with E-state index in [1.165, 1.54) is 4.88 Å². The highest BCUT2D eigenvalue weighted by Crippen LogP contribution is 2.35. The Bertz CT molecular complexity index is 491. The summed E-state index contributed by atoms with van der Waals surface area (Å²) in [6.45, 7) is 0.665. The van der Waals surface area contributed by atoms with Gasteiger partial charge in [0.25, 0.3) is 0 Å². The van der Waals surface area contributed by atoms with Gasteiger partial charge in [-0.2, -0.15) is 0 Å². The summed E-state index contributed by atoms with van der Waals surface area (Å²) in [6.07, 6.45) is 0.924. The smallest absolute Gasteiger partial charge is 0.147 e. The molecule has 0 saturated heterocycles. The van der Waals surface area contributed by atoms with Crippen LogP contribution in [0.5, 0.6) is 5.75 Å². The molecule has 0 radical (unpaired) electrons. The van der Waals surface area contributed by atoms with Crippen molar-refractivity contribution in [2.24, 2.45) is 0 Å². The van der Waals surface area contributed by atoms with Crippen LogP contribution in [0.25, 0.3) is 0 Å². The fourth-order valence-corrected chi connectivity index (χ4v) is 3.89. The summed E-state index contributed by atoms with van der Waals surface area (Å²) in [6, 6.07) is 8.15. The van der Waals surface area contributed by atoms with Crippen molar-refractivity contribution in [2.45, 2.75) is 12.3 Å². The molecule has 1 aromatic carbocycles. The SMILES string of the molecule is ClCc1cc(Br)c(OCCc2cccs2)c(Br)c1. The highest BCUT2D eigenvalue weighted by Gasteiger charge is 2.08. The van der Waals surface area contributed by atoms with Crippen LogP contribution in [-0.4, -0.2) is 6.61 Å². The Morgan fingerprint density at radius 1 is 1.22 bits per heavy atom. The maximum atomic E-state index is 5.81. The molecule has 1 nitrogen and oxygen atoms in total. The van der Waals surface area contributed by atoms with E-state index in [9.17, 15) is 0 Å². The molecule has 0 N–H and O–H groups in total. The Kier molecular flexibility index (Phi) is 5.55. The molecule has 2 rings (SSSR count). The van der Waals surface area contributed by atoms with Gasteiger partial charge in [-0.05, 0) is 61.0 Å². The van der Waals surface area contributed by atoms with E-state index in [0.717, 1.165) is 26.7 Å². The third-order valence-electron chi connectivity index (χ3n) is 2.39. The first-order chi connectivity index (χ1) is 8.70. The molecule has 18 heavy (non-hydrogen) atoms. The molecule has 0 fully saturated rings. The minimum atomic E-state index is 0.493. The first kappa shape index (κ1) is 14.4. The Balaban J connectivity index is 2.01. The molecule has 1 aromatic heterocycles. The van der Waals surface area contributed by atoms with E-state index < -0.39 is 0 Å². The molecule has 0 aliphatic carbocycles. The number of ether oxygens (including phenoxy) is 1. The summed E-state index contributed by atoms with van der Waals surface area (Å²) in [5, 5.41) is 2.08. The maximum Gasteiger partial charge on any atom is 0.147 e. The van der Waals surface area contributed by atoms with Gasteiger partial charge in [0, 0.05) is 17.2 Å². The van der Waals surface area contributed by atoms with Crippen molar-refractivity contribution in [3.05, 3.63) is 49.0 Å². The highest BCUT2D eigenvalue weighted by atomic mass is 79.9. The maximum absolute atomic E-state index is 5.81. The number of alkyl halides is 1. The Labute approximate surface area is 132 Å². The second-order valence-electron chi connectivity index (χ2n) is 3.70. The molecule has 0 aliphatic rings. The van der Waals surface area contributed by atoms with Crippen LogP contribution in [0, 0.1) is 0 Å². The van der Waals surface area contributed by atoms with Crippen LogP contribution in [0.3, 0.4) is 0 Å². The number of halogens is 3. The van der Waals surface area contributed by atoms with Crippen LogP contribution in [-0.2, 0) is 12.3 Å². The molecule has 0 bridgehead atoms. The summed E-state index contributed by atoms with van der Waals surface area (Å²) in [7, 11) is 0. The molecule has 0 unspecified atom stereocenters. The zero-order valence-electron chi connectivity index (χ0n) is 9.46. The number of rotatable bonds is 5. The number of thiophene rings is 1.